The molecule has 0 aromatic carbocycles. The Kier molecular flexibility index (Phi) is 3.75. The molecule has 0 unspecified atom stereocenters. The van der Waals surface area contributed by atoms with Gasteiger partial charge in [-0.3, -0.25) is 9.48 Å². The van der Waals surface area contributed by atoms with Gasteiger partial charge >= 0.3 is 0 Å². The molecular weight excluding hydrogens is 296 g/mol. The van der Waals surface area contributed by atoms with Crippen LogP contribution in [-0.2, 0) is 10.2 Å². The second kappa shape index (κ2) is 5.49. The van der Waals surface area contributed by atoms with Gasteiger partial charge in [0.2, 0.25) is 5.91 Å². The molecule has 3 atom stereocenters. The van der Waals surface area contributed by atoms with Gasteiger partial charge in [-0.2, -0.15) is 5.10 Å². The summed E-state index contributed by atoms with van der Waals surface area (Å²) in [6, 6.07) is 1.43. The molecule has 0 radical (unpaired) electrons. The largest absolute Gasteiger partial charge is 0.391 e. The van der Waals surface area contributed by atoms with Crippen molar-refractivity contribution in [3.05, 3.63) is 35.5 Å². The van der Waals surface area contributed by atoms with Gasteiger partial charge < -0.3 is 14.9 Å². The van der Waals surface area contributed by atoms with E-state index in [1.54, 1.807) is 23.1 Å². The number of hydrogen-bond donors (Lipinski definition) is 2. The van der Waals surface area contributed by atoms with Crippen LogP contribution in [0, 0.1) is 13.8 Å². The molecule has 2 aromatic heterocycles. The number of nitrogens with one attached hydrogen (secondary N) is 1. The zero-order valence-corrected chi connectivity index (χ0v) is 13.8. The van der Waals surface area contributed by atoms with E-state index < -0.39 is 11.5 Å². The highest BCUT2D eigenvalue weighted by atomic mass is 16.5. The number of aryl methyl sites for hydroxylation is 2. The second-order valence-corrected chi connectivity index (χ2v) is 6.68. The third kappa shape index (κ3) is 2.55. The van der Waals surface area contributed by atoms with Crippen molar-refractivity contribution in [3.63, 3.8) is 0 Å². The average Bonchev–Trinajstić information content (AvgIpc) is 3.08. The third-order valence-electron chi connectivity index (χ3n) is 4.67. The Balaban J connectivity index is 1.77. The Bertz CT molecular complexity index is 685. The maximum atomic E-state index is 12.8. The summed E-state index contributed by atoms with van der Waals surface area (Å²) in [5.74, 6) is 0.542. The highest BCUT2D eigenvalue weighted by molar-refractivity contribution is 5.88. The maximum Gasteiger partial charge on any atom is 0.230 e. The van der Waals surface area contributed by atoms with Crippen molar-refractivity contribution in [1.29, 1.82) is 0 Å². The van der Waals surface area contributed by atoms with Crippen LogP contribution in [0.2, 0.25) is 0 Å². The average molecular weight is 318 g/mol. The molecule has 0 aliphatic heterocycles. The maximum absolute atomic E-state index is 12.8. The summed E-state index contributed by atoms with van der Waals surface area (Å²) in [6.45, 7) is 7.35. The lowest BCUT2D eigenvalue weighted by atomic mass is 9.79. The molecule has 2 heterocycles. The predicted molar refractivity (Wildman–Crippen MR) is 82.8 cm³/mol. The van der Waals surface area contributed by atoms with Gasteiger partial charge in [-0.05, 0) is 40.2 Å². The second-order valence-electron chi connectivity index (χ2n) is 6.68. The smallest absolute Gasteiger partial charge is 0.230 e. The van der Waals surface area contributed by atoms with E-state index >= 15 is 0 Å². The SMILES string of the molecule is Cc1noc(C)c1C(C)(C)C(=O)N[C@H]1C[C@@H](O)[C@@H]1n1cccn1. The number of rotatable bonds is 4. The van der Waals surface area contributed by atoms with E-state index in [0.717, 1.165) is 11.3 Å². The molecule has 1 saturated carbocycles. The highest BCUT2D eigenvalue weighted by Gasteiger charge is 2.45. The van der Waals surface area contributed by atoms with Crippen LogP contribution in [0.25, 0.3) is 0 Å². The lowest BCUT2D eigenvalue weighted by molar-refractivity contribution is -0.129. The standard InChI is InChI=1S/C16H22N4O3/c1-9-13(10(2)23-19-9)16(3,4)15(22)18-11-8-12(21)14(11)20-7-5-6-17-20/h5-7,11-12,14,21H,8H2,1-4H3,(H,18,22)/t11-,12+,14+/m0/s1. The van der Waals surface area contributed by atoms with Gasteiger partial charge in [0.15, 0.2) is 0 Å². The zero-order chi connectivity index (χ0) is 16.8. The monoisotopic (exact) mass is 318 g/mol. The zero-order valence-electron chi connectivity index (χ0n) is 13.8. The van der Waals surface area contributed by atoms with Crippen molar-refractivity contribution in [2.24, 2.45) is 0 Å². The molecule has 23 heavy (non-hydrogen) atoms. The Morgan fingerprint density at radius 1 is 1.48 bits per heavy atom. The van der Waals surface area contributed by atoms with Crippen molar-refractivity contribution in [2.45, 2.75) is 57.7 Å². The number of hydrogen-bond acceptors (Lipinski definition) is 5. The molecule has 0 bridgehead atoms. The fourth-order valence-electron chi connectivity index (χ4n) is 3.41. The summed E-state index contributed by atoms with van der Waals surface area (Å²) in [5, 5.41) is 21.1. The lowest BCUT2D eigenvalue weighted by Gasteiger charge is -2.43. The number of carbonyl (C=O) groups excluding carboxylic acids is 1. The number of carbonyl (C=O) groups is 1. The molecule has 7 nitrogen and oxygen atoms in total. The van der Waals surface area contributed by atoms with Crippen molar-refractivity contribution in [2.75, 3.05) is 0 Å². The first-order chi connectivity index (χ1) is 10.8. The van der Waals surface area contributed by atoms with Gasteiger partial charge in [0, 0.05) is 18.0 Å². The topological polar surface area (TPSA) is 93.2 Å². The van der Waals surface area contributed by atoms with E-state index in [9.17, 15) is 9.90 Å². The van der Waals surface area contributed by atoms with E-state index in [0.29, 0.717) is 12.2 Å². The Hall–Kier alpha value is -2.15. The molecule has 2 aromatic rings. The molecule has 2 N–H and O–H groups in total. The summed E-state index contributed by atoms with van der Waals surface area (Å²) in [5.41, 5.74) is 0.772. The van der Waals surface area contributed by atoms with E-state index in [1.807, 2.05) is 27.7 Å². The summed E-state index contributed by atoms with van der Waals surface area (Å²) in [6.07, 6.45) is 3.49. The molecule has 7 heteroatoms. The minimum absolute atomic E-state index is 0.110. The van der Waals surface area contributed by atoms with Crippen LogP contribution in [0.5, 0.6) is 0 Å². The van der Waals surface area contributed by atoms with Gasteiger partial charge in [-0.1, -0.05) is 5.16 Å². The van der Waals surface area contributed by atoms with Gasteiger partial charge in [-0.25, -0.2) is 0 Å². The first-order valence-electron chi connectivity index (χ1n) is 7.74. The number of nitrogens with zero attached hydrogens (tertiary/aromatic N) is 3. The fourth-order valence-corrected chi connectivity index (χ4v) is 3.41. The van der Waals surface area contributed by atoms with Gasteiger partial charge in [0.1, 0.15) is 5.76 Å². The minimum atomic E-state index is -0.761. The summed E-state index contributed by atoms with van der Waals surface area (Å²) < 4.78 is 6.89. The van der Waals surface area contributed by atoms with Crippen molar-refractivity contribution in [1.82, 2.24) is 20.3 Å². The van der Waals surface area contributed by atoms with Crippen LogP contribution >= 0.6 is 0 Å². The highest BCUT2D eigenvalue weighted by Crippen LogP contribution is 2.35. The molecule has 1 aliphatic carbocycles. The first-order valence-corrected chi connectivity index (χ1v) is 7.74. The minimum Gasteiger partial charge on any atom is -0.391 e. The quantitative estimate of drug-likeness (QED) is 0.885. The Morgan fingerprint density at radius 2 is 2.22 bits per heavy atom. The van der Waals surface area contributed by atoms with Crippen molar-refractivity contribution in [3.8, 4) is 0 Å². The molecule has 1 amide bonds. The van der Waals surface area contributed by atoms with E-state index in [1.165, 1.54) is 0 Å². The van der Waals surface area contributed by atoms with Gasteiger partial charge in [0.05, 0.1) is 29.3 Å². The van der Waals surface area contributed by atoms with Crippen molar-refractivity contribution >= 4 is 5.91 Å². The normalized spacial score (nSPS) is 24.3. The summed E-state index contributed by atoms with van der Waals surface area (Å²) in [7, 11) is 0. The van der Waals surface area contributed by atoms with E-state index in [4.69, 9.17) is 4.52 Å². The van der Waals surface area contributed by atoms with Crippen LogP contribution in [0.3, 0.4) is 0 Å². The Morgan fingerprint density at radius 3 is 2.74 bits per heavy atom. The Labute approximate surface area is 134 Å². The number of aliphatic hydroxyl groups is 1. The molecular formula is C16H22N4O3. The van der Waals surface area contributed by atoms with E-state index in [2.05, 4.69) is 15.6 Å². The predicted octanol–water partition coefficient (Wildman–Crippen LogP) is 1.26. The lowest BCUT2D eigenvalue weighted by Crippen LogP contribution is -2.58. The van der Waals surface area contributed by atoms with Crippen LogP contribution in [-0.4, -0.2) is 38.1 Å². The summed E-state index contributed by atoms with van der Waals surface area (Å²) >= 11 is 0. The van der Waals surface area contributed by atoms with Crippen LogP contribution in [0.1, 0.15) is 43.3 Å². The third-order valence-corrected chi connectivity index (χ3v) is 4.67. The van der Waals surface area contributed by atoms with Gasteiger partial charge in [-0.15, -0.1) is 0 Å². The van der Waals surface area contributed by atoms with E-state index in [-0.39, 0.29) is 18.0 Å². The molecule has 1 fully saturated rings. The van der Waals surface area contributed by atoms with Crippen LogP contribution in [0.4, 0.5) is 0 Å². The van der Waals surface area contributed by atoms with Gasteiger partial charge in [0.25, 0.3) is 0 Å². The molecule has 124 valence electrons. The van der Waals surface area contributed by atoms with Crippen LogP contribution < -0.4 is 5.32 Å². The number of aliphatic hydroxyl groups excluding tert-OH is 1. The summed E-state index contributed by atoms with van der Waals surface area (Å²) in [4.78, 5) is 12.8. The first kappa shape index (κ1) is 15.7. The van der Waals surface area contributed by atoms with Crippen LogP contribution in [0.15, 0.2) is 23.0 Å². The molecule has 0 saturated heterocycles. The number of amides is 1. The molecule has 0 spiro atoms. The van der Waals surface area contributed by atoms with Crippen molar-refractivity contribution < 1.29 is 14.4 Å². The molecule has 1 aliphatic rings. The number of aromatic nitrogens is 3. The fraction of sp³-hybridized carbons (Fsp3) is 0.562. The molecule has 3 rings (SSSR count).